The third-order valence-corrected chi connectivity index (χ3v) is 4.52. The van der Waals surface area contributed by atoms with E-state index in [0.717, 1.165) is 16.3 Å². The lowest BCUT2D eigenvalue weighted by molar-refractivity contribution is 0.629. The molecule has 2 aromatic rings. The maximum atomic E-state index is 13.4. The van der Waals surface area contributed by atoms with Crippen LogP contribution >= 0.6 is 22.9 Å². The largest absolute Gasteiger partial charge is 0.312 e. The molecule has 0 bridgehead atoms. The van der Waals surface area contributed by atoms with Gasteiger partial charge in [0, 0.05) is 16.5 Å². The molecule has 1 atom stereocenters. The molecular formula is C13H14ClFN2S. The number of aryl methyl sites for hydroxylation is 1. The summed E-state index contributed by atoms with van der Waals surface area (Å²) in [7, 11) is 1.91. The molecule has 1 aromatic carbocycles. The molecule has 1 N–H and O–H groups in total. The van der Waals surface area contributed by atoms with Gasteiger partial charge in [-0.15, -0.1) is 11.3 Å². The van der Waals surface area contributed by atoms with Crippen molar-refractivity contribution >= 4 is 22.9 Å². The minimum Gasteiger partial charge on any atom is -0.312 e. The number of hydrogen-bond acceptors (Lipinski definition) is 3. The number of rotatable bonds is 3. The highest BCUT2D eigenvalue weighted by Crippen LogP contribution is 2.32. The number of hydrogen-bond donors (Lipinski definition) is 1. The highest BCUT2D eigenvalue weighted by atomic mass is 35.5. The molecule has 0 aliphatic carbocycles. The van der Waals surface area contributed by atoms with Crippen molar-refractivity contribution in [1.82, 2.24) is 10.3 Å². The van der Waals surface area contributed by atoms with Crippen molar-refractivity contribution in [1.29, 1.82) is 0 Å². The summed E-state index contributed by atoms with van der Waals surface area (Å²) in [6.07, 6.45) is 0. The zero-order valence-electron chi connectivity index (χ0n) is 10.4. The van der Waals surface area contributed by atoms with Gasteiger partial charge in [0.25, 0.3) is 0 Å². The topological polar surface area (TPSA) is 24.9 Å². The Morgan fingerprint density at radius 3 is 2.78 bits per heavy atom. The van der Waals surface area contributed by atoms with Crippen LogP contribution in [0.5, 0.6) is 0 Å². The molecule has 2 rings (SSSR count). The second-order valence-electron chi connectivity index (χ2n) is 4.11. The van der Waals surface area contributed by atoms with Crippen LogP contribution < -0.4 is 5.32 Å². The molecule has 1 unspecified atom stereocenters. The third-order valence-electron chi connectivity index (χ3n) is 2.83. The fourth-order valence-electron chi connectivity index (χ4n) is 1.69. The van der Waals surface area contributed by atoms with Crippen LogP contribution in [0, 0.1) is 12.7 Å². The second kappa shape index (κ2) is 5.34. The molecule has 0 aliphatic heterocycles. The first kappa shape index (κ1) is 13.5. The fraction of sp³-hybridized carbons (Fsp3) is 0.308. The van der Waals surface area contributed by atoms with Crippen molar-refractivity contribution in [3.8, 4) is 10.6 Å². The zero-order valence-corrected chi connectivity index (χ0v) is 12.0. The molecule has 96 valence electrons. The van der Waals surface area contributed by atoms with Gasteiger partial charge in [-0.1, -0.05) is 17.7 Å². The summed E-state index contributed by atoms with van der Waals surface area (Å²) in [4.78, 5) is 5.66. The Bertz CT molecular complexity index is 568. The Morgan fingerprint density at radius 2 is 2.17 bits per heavy atom. The summed E-state index contributed by atoms with van der Waals surface area (Å²) in [5, 5.41) is 4.14. The summed E-state index contributed by atoms with van der Waals surface area (Å²) in [6, 6.07) is 5.02. The summed E-state index contributed by atoms with van der Waals surface area (Å²) >= 11 is 7.25. The molecule has 0 spiro atoms. The summed E-state index contributed by atoms with van der Waals surface area (Å²) in [6.45, 7) is 4.04. The Morgan fingerprint density at radius 1 is 1.44 bits per heavy atom. The number of benzene rings is 1. The number of nitrogens with one attached hydrogen (secondary N) is 1. The average molecular weight is 285 g/mol. The zero-order chi connectivity index (χ0) is 13.3. The molecule has 1 heterocycles. The smallest absolute Gasteiger partial charge is 0.142 e. The molecule has 2 nitrogen and oxygen atoms in total. The minimum absolute atomic E-state index is 0.135. The lowest BCUT2D eigenvalue weighted by Gasteiger charge is -2.06. The molecule has 0 saturated carbocycles. The summed E-state index contributed by atoms with van der Waals surface area (Å²) in [5.41, 5.74) is 1.74. The van der Waals surface area contributed by atoms with E-state index >= 15 is 0 Å². The number of aromatic nitrogens is 1. The standard InChI is InChI=1S/C13H14ClFN2S/c1-7(16-3)12-8(2)17-13(18-12)9-4-5-10(14)11(15)6-9/h4-7,16H,1-3H3. The van der Waals surface area contributed by atoms with Gasteiger partial charge in [-0.25, -0.2) is 9.37 Å². The summed E-state index contributed by atoms with van der Waals surface area (Å²) < 4.78 is 13.4. The van der Waals surface area contributed by atoms with Crippen molar-refractivity contribution in [2.75, 3.05) is 7.05 Å². The first-order valence-corrected chi connectivity index (χ1v) is 6.82. The van der Waals surface area contributed by atoms with E-state index in [-0.39, 0.29) is 11.1 Å². The van der Waals surface area contributed by atoms with Crippen molar-refractivity contribution in [3.63, 3.8) is 0 Å². The van der Waals surface area contributed by atoms with E-state index in [9.17, 15) is 4.39 Å². The Balaban J connectivity index is 2.42. The van der Waals surface area contributed by atoms with E-state index in [4.69, 9.17) is 11.6 Å². The first-order valence-electron chi connectivity index (χ1n) is 5.63. The maximum Gasteiger partial charge on any atom is 0.142 e. The van der Waals surface area contributed by atoms with Crippen LogP contribution in [0.1, 0.15) is 23.5 Å². The van der Waals surface area contributed by atoms with Gasteiger partial charge in [0.1, 0.15) is 10.8 Å². The van der Waals surface area contributed by atoms with Crippen LogP contribution in [-0.4, -0.2) is 12.0 Å². The highest BCUT2D eigenvalue weighted by molar-refractivity contribution is 7.15. The number of nitrogens with zero attached hydrogens (tertiary/aromatic N) is 1. The van der Waals surface area contributed by atoms with Gasteiger partial charge < -0.3 is 5.32 Å². The number of thiazole rings is 1. The van der Waals surface area contributed by atoms with Gasteiger partial charge >= 0.3 is 0 Å². The fourth-order valence-corrected chi connectivity index (χ4v) is 2.93. The van der Waals surface area contributed by atoms with Gasteiger partial charge in [0.05, 0.1) is 10.7 Å². The van der Waals surface area contributed by atoms with E-state index in [1.165, 1.54) is 10.9 Å². The molecule has 0 amide bonds. The van der Waals surface area contributed by atoms with Gasteiger partial charge in [-0.2, -0.15) is 0 Å². The molecule has 0 aliphatic rings. The van der Waals surface area contributed by atoms with Crippen molar-refractivity contribution < 1.29 is 4.39 Å². The van der Waals surface area contributed by atoms with Crippen molar-refractivity contribution in [3.05, 3.63) is 39.6 Å². The molecule has 1 aromatic heterocycles. The normalized spacial score (nSPS) is 12.7. The van der Waals surface area contributed by atoms with Gasteiger partial charge in [-0.05, 0) is 33.0 Å². The molecule has 0 fully saturated rings. The van der Waals surface area contributed by atoms with Crippen molar-refractivity contribution in [2.45, 2.75) is 19.9 Å². The van der Waals surface area contributed by atoms with Gasteiger partial charge in [0.2, 0.25) is 0 Å². The van der Waals surface area contributed by atoms with Crippen LogP contribution in [0.4, 0.5) is 4.39 Å². The highest BCUT2D eigenvalue weighted by Gasteiger charge is 2.14. The van der Waals surface area contributed by atoms with Gasteiger partial charge in [-0.3, -0.25) is 0 Å². The monoisotopic (exact) mass is 284 g/mol. The molecule has 5 heteroatoms. The first-order chi connectivity index (χ1) is 8.52. The van der Waals surface area contributed by atoms with Crippen LogP contribution in [0.3, 0.4) is 0 Å². The van der Waals surface area contributed by atoms with Crippen LogP contribution in [0.25, 0.3) is 10.6 Å². The Labute approximate surface area is 115 Å². The molecule has 0 radical (unpaired) electrons. The minimum atomic E-state index is -0.412. The quantitative estimate of drug-likeness (QED) is 0.914. The lowest BCUT2D eigenvalue weighted by Crippen LogP contribution is -2.11. The predicted molar refractivity (Wildman–Crippen MR) is 74.7 cm³/mol. The maximum absolute atomic E-state index is 13.4. The van der Waals surface area contributed by atoms with Crippen molar-refractivity contribution in [2.24, 2.45) is 0 Å². The lowest BCUT2D eigenvalue weighted by atomic mass is 10.2. The Kier molecular flexibility index (Phi) is 4.00. The van der Waals surface area contributed by atoms with E-state index in [2.05, 4.69) is 17.2 Å². The van der Waals surface area contributed by atoms with E-state index in [1.54, 1.807) is 23.5 Å². The molecular weight excluding hydrogens is 271 g/mol. The van der Waals surface area contributed by atoms with E-state index < -0.39 is 5.82 Å². The van der Waals surface area contributed by atoms with E-state index in [0.29, 0.717) is 0 Å². The predicted octanol–water partition coefficient (Wildman–Crippen LogP) is 4.19. The second-order valence-corrected chi connectivity index (χ2v) is 5.55. The SMILES string of the molecule is CNC(C)c1sc(-c2ccc(Cl)c(F)c2)nc1C. The van der Waals surface area contributed by atoms with Gasteiger partial charge in [0.15, 0.2) is 0 Å². The van der Waals surface area contributed by atoms with Crippen LogP contribution in [-0.2, 0) is 0 Å². The summed E-state index contributed by atoms with van der Waals surface area (Å²) in [5.74, 6) is -0.412. The van der Waals surface area contributed by atoms with Crippen LogP contribution in [0.15, 0.2) is 18.2 Å². The van der Waals surface area contributed by atoms with Crippen LogP contribution in [0.2, 0.25) is 5.02 Å². The molecule has 18 heavy (non-hydrogen) atoms. The van der Waals surface area contributed by atoms with E-state index in [1.807, 2.05) is 14.0 Å². The third kappa shape index (κ3) is 2.55. The Hall–Kier alpha value is -0.970. The average Bonchev–Trinajstić information content (AvgIpc) is 2.74. The molecule has 0 saturated heterocycles. The number of halogens is 2.